The molecule has 0 heterocycles. The molecule has 0 atom stereocenters. The first-order valence-electron chi connectivity index (χ1n) is 5.28. The van der Waals surface area contributed by atoms with Crippen LogP contribution in [0.2, 0.25) is 0 Å². The quantitative estimate of drug-likeness (QED) is 0.777. The number of nitrogens with zero attached hydrogens (tertiary/aromatic N) is 1. The van der Waals surface area contributed by atoms with E-state index in [1.54, 1.807) is 44.4 Å². The van der Waals surface area contributed by atoms with Crippen molar-refractivity contribution in [1.82, 2.24) is 4.90 Å². The van der Waals surface area contributed by atoms with Crippen LogP contribution in [-0.4, -0.2) is 45.2 Å². The van der Waals surface area contributed by atoms with Gasteiger partial charge in [0.25, 0.3) is 5.91 Å². The maximum absolute atomic E-state index is 12.1. The van der Waals surface area contributed by atoms with Gasteiger partial charge in [-0.05, 0) is 18.2 Å². The van der Waals surface area contributed by atoms with Crippen LogP contribution in [0.4, 0.5) is 5.69 Å². The van der Waals surface area contributed by atoms with Gasteiger partial charge in [-0.2, -0.15) is 0 Å². The van der Waals surface area contributed by atoms with Gasteiger partial charge in [-0.25, -0.2) is 0 Å². The van der Waals surface area contributed by atoms with Crippen LogP contribution >= 0.6 is 0 Å². The fourth-order valence-electron chi connectivity index (χ4n) is 1.38. The smallest absolute Gasteiger partial charge is 0.255 e. The second-order valence-corrected chi connectivity index (χ2v) is 3.67. The second kappa shape index (κ2) is 6.10. The van der Waals surface area contributed by atoms with Crippen molar-refractivity contribution in [3.05, 3.63) is 23.8 Å². The first kappa shape index (κ1) is 13.3. The Kier molecular flexibility index (Phi) is 4.78. The summed E-state index contributed by atoms with van der Waals surface area (Å²) in [6.45, 7) is 1.01. The zero-order chi connectivity index (χ0) is 12.8. The number of nitrogens with two attached hydrogens (primary N) is 1. The Morgan fingerprint density at radius 3 is 2.71 bits per heavy atom. The summed E-state index contributed by atoms with van der Waals surface area (Å²) in [6, 6.07) is 5.03. The molecule has 1 aromatic rings. The molecule has 17 heavy (non-hydrogen) atoms. The molecule has 2 N–H and O–H groups in total. The Hall–Kier alpha value is -1.75. The normalized spacial score (nSPS) is 10.1. The highest BCUT2D eigenvalue weighted by Gasteiger charge is 2.15. The summed E-state index contributed by atoms with van der Waals surface area (Å²) in [6.07, 6.45) is 0. The van der Waals surface area contributed by atoms with Crippen molar-refractivity contribution in [1.29, 1.82) is 0 Å². The van der Waals surface area contributed by atoms with Gasteiger partial charge in [-0.15, -0.1) is 0 Å². The van der Waals surface area contributed by atoms with E-state index in [0.29, 0.717) is 30.2 Å². The maximum atomic E-state index is 12.1. The van der Waals surface area contributed by atoms with E-state index in [-0.39, 0.29) is 5.91 Å². The molecule has 0 aromatic heterocycles. The van der Waals surface area contributed by atoms with Crippen molar-refractivity contribution >= 4 is 11.6 Å². The van der Waals surface area contributed by atoms with Crippen molar-refractivity contribution in [3.63, 3.8) is 0 Å². The van der Waals surface area contributed by atoms with Crippen LogP contribution in [0.3, 0.4) is 0 Å². The SMILES string of the molecule is COCCN(C)C(=O)c1cc(OC)ccc1N. The molecule has 1 rings (SSSR count). The molecular weight excluding hydrogens is 220 g/mol. The number of methoxy groups -OCH3 is 2. The predicted octanol–water partition coefficient (Wildman–Crippen LogP) is 0.996. The van der Waals surface area contributed by atoms with Crippen molar-refractivity contribution in [2.45, 2.75) is 0 Å². The number of carbonyl (C=O) groups excluding carboxylic acids is 1. The van der Waals surface area contributed by atoms with Gasteiger partial charge in [-0.3, -0.25) is 4.79 Å². The van der Waals surface area contributed by atoms with Crippen LogP contribution < -0.4 is 10.5 Å². The fourth-order valence-corrected chi connectivity index (χ4v) is 1.38. The second-order valence-electron chi connectivity index (χ2n) is 3.67. The number of hydrogen-bond acceptors (Lipinski definition) is 4. The highest BCUT2D eigenvalue weighted by Crippen LogP contribution is 2.20. The molecule has 0 saturated carbocycles. The van der Waals surface area contributed by atoms with E-state index in [9.17, 15) is 4.79 Å². The molecule has 0 saturated heterocycles. The lowest BCUT2D eigenvalue weighted by molar-refractivity contribution is 0.0745. The number of nitrogen functional groups attached to an aromatic ring is 1. The minimum Gasteiger partial charge on any atom is -0.497 e. The standard InChI is InChI=1S/C12H18N2O3/c1-14(6-7-16-2)12(15)10-8-9(17-3)4-5-11(10)13/h4-5,8H,6-7,13H2,1-3H3. The highest BCUT2D eigenvalue weighted by atomic mass is 16.5. The van der Waals surface area contributed by atoms with Gasteiger partial charge in [-0.1, -0.05) is 0 Å². The van der Waals surface area contributed by atoms with Crippen molar-refractivity contribution in [2.24, 2.45) is 0 Å². The summed E-state index contributed by atoms with van der Waals surface area (Å²) < 4.78 is 9.99. The molecule has 1 amide bonds. The van der Waals surface area contributed by atoms with Crippen LogP contribution in [0.15, 0.2) is 18.2 Å². The van der Waals surface area contributed by atoms with Gasteiger partial charge in [0.05, 0.1) is 19.3 Å². The van der Waals surface area contributed by atoms with Crippen LogP contribution in [0.1, 0.15) is 10.4 Å². The lowest BCUT2D eigenvalue weighted by atomic mass is 10.1. The summed E-state index contributed by atoms with van der Waals surface area (Å²) in [5, 5.41) is 0. The molecule has 0 aliphatic carbocycles. The summed E-state index contributed by atoms with van der Waals surface area (Å²) in [4.78, 5) is 13.6. The van der Waals surface area contributed by atoms with Crippen LogP contribution in [0, 0.1) is 0 Å². The average Bonchev–Trinajstić information content (AvgIpc) is 2.35. The topological polar surface area (TPSA) is 64.8 Å². The Labute approximate surface area is 101 Å². The lowest BCUT2D eigenvalue weighted by Crippen LogP contribution is -2.30. The molecule has 0 spiro atoms. The van der Waals surface area contributed by atoms with Gasteiger partial charge in [0.1, 0.15) is 5.75 Å². The van der Waals surface area contributed by atoms with Gasteiger partial charge >= 0.3 is 0 Å². The number of hydrogen-bond donors (Lipinski definition) is 1. The van der Waals surface area contributed by atoms with Gasteiger partial charge < -0.3 is 20.1 Å². The van der Waals surface area contributed by atoms with Crippen LogP contribution in [-0.2, 0) is 4.74 Å². The molecule has 0 unspecified atom stereocenters. The number of ether oxygens (including phenoxy) is 2. The fraction of sp³-hybridized carbons (Fsp3) is 0.417. The molecule has 0 fully saturated rings. The predicted molar refractivity (Wildman–Crippen MR) is 66.2 cm³/mol. The van der Waals surface area contributed by atoms with Crippen molar-refractivity contribution < 1.29 is 14.3 Å². The number of benzene rings is 1. The average molecular weight is 238 g/mol. The van der Waals surface area contributed by atoms with Crippen molar-refractivity contribution in [3.8, 4) is 5.75 Å². The third-order valence-corrected chi connectivity index (χ3v) is 2.47. The summed E-state index contributed by atoms with van der Waals surface area (Å²) in [7, 11) is 4.85. The minimum absolute atomic E-state index is 0.140. The first-order valence-corrected chi connectivity index (χ1v) is 5.28. The summed E-state index contributed by atoms with van der Waals surface area (Å²) >= 11 is 0. The number of amides is 1. The van der Waals surface area contributed by atoms with Gasteiger partial charge in [0.2, 0.25) is 0 Å². The molecule has 94 valence electrons. The number of likely N-dealkylation sites (N-methyl/N-ethyl adjacent to an activating group) is 1. The van der Waals surface area contributed by atoms with Crippen LogP contribution in [0.5, 0.6) is 5.75 Å². The van der Waals surface area contributed by atoms with E-state index >= 15 is 0 Å². The van der Waals surface area contributed by atoms with E-state index in [1.165, 1.54) is 0 Å². The molecule has 1 aromatic carbocycles. The summed E-state index contributed by atoms with van der Waals surface area (Å²) in [5.74, 6) is 0.473. The first-order chi connectivity index (χ1) is 8.10. The third-order valence-electron chi connectivity index (χ3n) is 2.47. The van der Waals surface area contributed by atoms with Crippen LogP contribution in [0.25, 0.3) is 0 Å². The van der Waals surface area contributed by atoms with E-state index in [0.717, 1.165) is 0 Å². The molecule has 0 aliphatic heterocycles. The monoisotopic (exact) mass is 238 g/mol. The molecule has 0 aliphatic rings. The molecule has 0 radical (unpaired) electrons. The number of rotatable bonds is 5. The summed E-state index contributed by atoms with van der Waals surface area (Å²) in [5.41, 5.74) is 6.67. The minimum atomic E-state index is -0.140. The largest absolute Gasteiger partial charge is 0.497 e. The zero-order valence-corrected chi connectivity index (χ0v) is 10.4. The van der Waals surface area contributed by atoms with Gasteiger partial charge in [0.15, 0.2) is 0 Å². The van der Waals surface area contributed by atoms with Crippen molar-refractivity contribution in [2.75, 3.05) is 40.2 Å². The highest BCUT2D eigenvalue weighted by molar-refractivity contribution is 5.99. The number of carbonyl (C=O) groups is 1. The van der Waals surface area contributed by atoms with E-state index in [2.05, 4.69) is 0 Å². The Morgan fingerprint density at radius 2 is 2.12 bits per heavy atom. The molecule has 5 nitrogen and oxygen atoms in total. The van der Waals surface area contributed by atoms with E-state index in [4.69, 9.17) is 15.2 Å². The van der Waals surface area contributed by atoms with Gasteiger partial charge in [0, 0.05) is 26.4 Å². The molecule has 5 heteroatoms. The van der Waals surface area contributed by atoms with E-state index in [1.807, 2.05) is 0 Å². The maximum Gasteiger partial charge on any atom is 0.255 e. The number of anilines is 1. The van der Waals surface area contributed by atoms with E-state index < -0.39 is 0 Å². The molecule has 0 bridgehead atoms. The Morgan fingerprint density at radius 1 is 1.41 bits per heavy atom. The molecular formula is C12H18N2O3. The Bertz CT molecular complexity index is 393. The zero-order valence-electron chi connectivity index (χ0n) is 10.4. The Balaban J connectivity index is 2.87. The lowest BCUT2D eigenvalue weighted by Gasteiger charge is -2.18. The third kappa shape index (κ3) is 3.35.